The molecule has 4 atom stereocenters. The maximum Gasteiger partial charge on any atom is 0.251 e. The first-order chi connectivity index (χ1) is 16.2. The second-order valence-electron chi connectivity index (χ2n) is 9.32. The molecule has 2 aliphatic rings. The largest absolute Gasteiger partial charge is 0.371 e. The summed E-state index contributed by atoms with van der Waals surface area (Å²) in [5.74, 6) is -3.72. The number of hydrogen-bond donors (Lipinski definition) is 1. The fourth-order valence-corrected chi connectivity index (χ4v) is 5.90. The number of aromatic nitrogens is 1. The maximum absolute atomic E-state index is 14.3. The van der Waals surface area contributed by atoms with Crippen LogP contribution in [0.15, 0.2) is 24.3 Å². The quantitative estimate of drug-likeness (QED) is 0.592. The molecule has 1 amide bonds. The number of anilines is 1. The molecule has 0 spiro atoms. The van der Waals surface area contributed by atoms with Crippen molar-refractivity contribution in [2.75, 3.05) is 18.0 Å². The maximum atomic E-state index is 14.3. The smallest absolute Gasteiger partial charge is 0.251 e. The van der Waals surface area contributed by atoms with E-state index in [0.717, 1.165) is 26.8 Å². The van der Waals surface area contributed by atoms with Crippen molar-refractivity contribution in [2.24, 2.45) is 5.92 Å². The van der Waals surface area contributed by atoms with Crippen molar-refractivity contribution in [3.63, 3.8) is 0 Å². The summed E-state index contributed by atoms with van der Waals surface area (Å²) in [7, 11) is 0. The predicted octanol–water partition coefficient (Wildman–Crippen LogP) is 5.60. The molecule has 182 valence electrons. The van der Waals surface area contributed by atoms with E-state index >= 15 is 0 Å². The van der Waals surface area contributed by atoms with Crippen molar-refractivity contribution in [1.82, 2.24) is 10.3 Å². The van der Waals surface area contributed by atoms with E-state index in [-0.39, 0.29) is 31.1 Å². The van der Waals surface area contributed by atoms with E-state index in [1.807, 2.05) is 42.2 Å². The summed E-state index contributed by atoms with van der Waals surface area (Å²) in [5, 5.41) is 12.6. The number of carbonyl (C=O) groups is 1. The lowest BCUT2D eigenvalue weighted by atomic mass is 9.75. The molecule has 5 nitrogen and oxygen atoms in total. The van der Waals surface area contributed by atoms with Gasteiger partial charge in [0.15, 0.2) is 0 Å². The van der Waals surface area contributed by atoms with Crippen LogP contribution in [0.1, 0.15) is 55.6 Å². The average molecular weight is 491 g/mol. The van der Waals surface area contributed by atoms with Crippen molar-refractivity contribution in [2.45, 2.75) is 70.0 Å². The number of carbonyl (C=O) groups excluding carboxylic acids is 1. The Kier molecular flexibility index (Phi) is 7.17. The third-order valence-electron chi connectivity index (χ3n) is 6.78. The van der Waals surface area contributed by atoms with Crippen LogP contribution in [0.4, 0.5) is 18.9 Å². The van der Waals surface area contributed by atoms with Crippen molar-refractivity contribution in [3.05, 3.63) is 35.0 Å². The Morgan fingerprint density at radius 2 is 1.94 bits per heavy atom. The molecule has 34 heavy (non-hydrogen) atoms. The molecule has 1 aliphatic heterocycles. The van der Waals surface area contributed by atoms with E-state index in [2.05, 4.69) is 5.32 Å². The topological polar surface area (TPSA) is 69.0 Å². The first-order valence-corrected chi connectivity index (χ1v) is 12.5. The number of nitrogens with zero attached hydrogens (tertiary/aromatic N) is 3. The number of amides is 1. The van der Waals surface area contributed by atoms with Crippen LogP contribution in [-0.2, 0) is 4.79 Å². The zero-order valence-electron chi connectivity index (χ0n) is 19.4. The summed E-state index contributed by atoms with van der Waals surface area (Å²) in [4.78, 5) is 20.6. The minimum Gasteiger partial charge on any atom is -0.371 e. The molecule has 1 saturated heterocycles. The van der Waals surface area contributed by atoms with Crippen LogP contribution in [0.3, 0.4) is 0 Å². The summed E-state index contributed by atoms with van der Waals surface area (Å²) >= 11 is 1.53. The molecular weight excluding hydrogens is 461 g/mol. The zero-order valence-corrected chi connectivity index (χ0v) is 20.2. The number of aryl methyl sites for hydroxylation is 1. The van der Waals surface area contributed by atoms with Gasteiger partial charge in [-0.2, -0.15) is 5.26 Å². The van der Waals surface area contributed by atoms with Gasteiger partial charge in [-0.25, -0.2) is 18.2 Å². The highest BCUT2D eigenvalue weighted by Gasteiger charge is 2.39. The molecule has 9 heteroatoms. The van der Waals surface area contributed by atoms with Gasteiger partial charge in [0.2, 0.25) is 5.91 Å². The highest BCUT2D eigenvalue weighted by molar-refractivity contribution is 7.15. The Morgan fingerprint density at radius 3 is 2.59 bits per heavy atom. The SMILES string of the molecule is Cc1nc([C@@H]2CC[C@H](F)C[C@H]2C(=O)N[C@@H](C)C#N)c(-c2ccc(N3CCC(F)(F)CC3)cc2)s1. The monoisotopic (exact) mass is 490 g/mol. The molecule has 1 aromatic carbocycles. The highest BCUT2D eigenvalue weighted by atomic mass is 32.1. The second-order valence-corrected chi connectivity index (χ2v) is 10.5. The predicted molar refractivity (Wildman–Crippen MR) is 127 cm³/mol. The summed E-state index contributed by atoms with van der Waals surface area (Å²) in [5.41, 5.74) is 2.64. The van der Waals surface area contributed by atoms with Gasteiger partial charge in [0, 0.05) is 43.5 Å². The molecule has 0 bridgehead atoms. The van der Waals surface area contributed by atoms with Gasteiger partial charge >= 0.3 is 0 Å². The molecule has 1 N–H and O–H groups in total. The van der Waals surface area contributed by atoms with E-state index in [0.29, 0.717) is 25.9 Å². The van der Waals surface area contributed by atoms with Crippen LogP contribution in [0.2, 0.25) is 0 Å². The number of rotatable bonds is 5. The number of benzene rings is 1. The number of halogens is 3. The molecule has 2 heterocycles. The standard InChI is InChI=1S/C25H29F3N4OS/c1-15(14-29)30-24(33)21-13-18(26)5-8-20(21)22-23(34-16(2)31-22)17-3-6-19(7-4-17)32-11-9-25(27,28)10-12-32/h3-4,6-7,15,18,20-21H,5,8-13H2,1-2H3,(H,30,33)/t15-,18-,20+,21+/m0/s1. The van der Waals surface area contributed by atoms with Crippen molar-refractivity contribution in [1.29, 1.82) is 5.26 Å². The van der Waals surface area contributed by atoms with Gasteiger partial charge in [-0.3, -0.25) is 4.79 Å². The minimum absolute atomic E-state index is 0.114. The average Bonchev–Trinajstić information content (AvgIpc) is 3.20. The molecular formula is C25H29F3N4OS. The van der Waals surface area contributed by atoms with E-state index in [9.17, 15) is 18.0 Å². The molecule has 4 rings (SSSR count). The van der Waals surface area contributed by atoms with Crippen LogP contribution in [0.25, 0.3) is 10.4 Å². The van der Waals surface area contributed by atoms with Crippen LogP contribution >= 0.6 is 11.3 Å². The lowest BCUT2D eigenvalue weighted by Crippen LogP contribution is -2.41. The van der Waals surface area contributed by atoms with E-state index in [1.165, 1.54) is 11.3 Å². The van der Waals surface area contributed by atoms with Gasteiger partial charge in [-0.1, -0.05) is 12.1 Å². The lowest BCUT2D eigenvalue weighted by molar-refractivity contribution is -0.127. The molecule has 2 fully saturated rings. The number of nitriles is 1. The molecule has 1 saturated carbocycles. The number of piperidine rings is 1. The Hall–Kier alpha value is -2.60. The van der Waals surface area contributed by atoms with E-state index in [4.69, 9.17) is 10.2 Å². The Bertz CT molecular complexity index is 1060. The van der Waals surface area contributed by atoms with Gasteiger partial charge in [-0.05, 0) is 50.8 Å². The summed E-state index contributed by atoms with van der Waals surface area (Å²) in [6.45, 7) is 4.16. The third kappa shape index (κ3) is 5.38. The lowest BCUT2D eigenvalue weighted by Gasteiger charge is -2.33. The highest BCUT2D eigenvalue weighted by Crippen LogP contribution is 2.45. The fourth-order valence-electron chi connectivity index (χ4n) is 4.91. The van der Waals surface area contributed by atoms with Crippen molar-refractivity contribution < 1.29 is 18.0 Å². The minimum atomic E-state index is -2.59. The Morgan fingerprint density at radius 1 is 1.26 bits per heavy atom. The third-order valence-corrected chi connectivity index (χ3v) is 7.81. The first kappa shape index (κ1) is 24.5. The zero-order chi connectivity index (χ0) is 24.5. The van der Waals surface area contributed by atoms with Crippen LogP contribution in [0, 0.1) is 24.2 Å². The normalized spacial score (nSPS) is 25.4. The number of alkyl halides is 3. The summed E-state index contributed by atoms with van der Waals surface area (Å²) in [6, 6.07) is 9.16. The number of nitrogens with one attached hydrogen (secondary N) is 1. The molecule has 1 aromatic heterocycles. The van der Waals surface area contributed by atoms with Gasteiger partial charge in [0.25, 0.3) is 5.92 Å². The molecule has 0 radical (unpaired) electrons. The van der Waals surface area contributed by atoms with Crippen molar-refractivity contribution >= 4 is 22.9 Å². The summed E-state index contributed by atoms with van der Waals surface area (Å²) in [6.07, 6.45) is -0.337. The Labute approximate surface area is 202 Å². The molecule has 1 aliphatic carbocycles. The molecule has 0 unspecified atom stereocenters. The van der Waals surface area contributed by atoms with Crippen molar-refractivity contribution in [3.8, 4) is 16.5 Å². The van der Waals surface area contributed by atoms with Crippen LogP contribution < -0.4 is 10.2 Å². The number of hydrogen-bond acceptors (Lipinski definition) is 5. The van der Waals surface area contributed by atoms with Gasteiger partial charge in [-0.15, -0.1) is 11.3 Å². The van der Waals surface area contributed by atoms with Gasteiger partial charge in [0.1, 0.15) is 12.2 Å². The van der Waals surface area contributed by atoms with E-state index < -0.39 is 24.1 Å². The first-order valence-electron chi connectivity index (χ1n) is 11.7. The van der Waals surface area contributed by atoms with Crippen LogP contribution in [-0.4, -0.2) is 42.1 Å². The Balaban J connectivity index is 1.58. The van der Waals surface area contributed by atoms with Crippen LogP contribution in [0.5, 0.6) is 0 Å². The van der Waals surface area contributed by atoms with E-state index in [1.54, 1.807) is 6.92 Å². The van der Waals surface area contributed by atoms with Gasteiger partial charge < -0.3 is 10.2 Å². The number of thiazole rings is 1. The van der Waals surface area contributed by atoms with Gasteiger partial charge in [0.05, 0.1) is 21.6 Å². The second kappa shape index (κ2) is 9.95. The summed E-state index contributed by atoms with van der Waals surface area (Å²) < 4.78 is 41.3. The fraction of sp³-hybridized carbons (Fsp3) is 0.560. The molecule has 2 aromatic rings.